The number of halogens is 1. The smallest absolute Gasteiger partial charge is 0.257 e. The quantitative estimate of drug-likeness (QED) is 0.920. The molecule has 90 valence electrons. The lowest BCUT2D eigenvalue weighted by Gasteiger charge is -2.19. The van der Waals surface area contributed by atoms with E-state index in [9.17, 15) is 0 Å². The minimum Gasteiger partial charge on any atom is -0.366 e. The molecule has 0 unspecified atom stereocenters. The lowest BCUT2D eigenvalue weighted by atomic mass is 10.3. The molecule has 1 fully saturated rings. The van der Waals surface area contributed by atoms with Gasteiger partial charge in [-0.1, -0.05) is 5.16 Å². The molecule has 0 aliphatic carbocycles. The summed E-state index contributed by atoms with van der Waals surface area (Å²) in [7, 11) is 0. The van der Waals surface area contributed by atoms with E-state index in [1.165, 1.54) is 0 Å². The molecule has 1 aliphatic rings. The Morgan fingerprint density at radius 1 is 1.53 bits per heavy atom. The second-order valence-corrected chi connectivity index (χ2v) is 5.48. The molecular weight excluding hydrogens is 306 g/mol. The second kappa shape index (κ2) is 4.85. The Labute approximate surface area is 110 Å². The molecule has 1 N–H and O–H groups in total. The van der Waals surface area contributed by atoms with Crippen molar-refractivity contribution in [2.45, 2.75) is 6.10 Å². The van der Waals surface area contributed by atoms with E-state index < -0.39 is 0 Å². The van der Waals surface area contributed by atoms with Crippen LogP contribution in [0.5, 0.6) is 0 Å². The van der Waals surface area contributed by atoms with E-state index in [0.29, 0.717) is 18.3 Å². The summed E-state index contributed by atoms with van der Waals surface area (Å²) in [5.41, 5.74) is 0. The molecule has 0 radical (unpaired) electrons. The summed E-state index contributed by atoms with van der Waals surface area (Å²) in [6.45, 7) is 2.26. The third-order valence-electron chi connectivity index (χ3n) is 2.43. The molecule has 17 heavy (non-hydrogen) atoms. The van der Waals surface area contributed by atoms with Crippen molar-refractivity contribution in [1.82, 2.24) is 15.5 Å². The molecule has 3 rings (SSSR count). The van der Waals surface area contributed by atoms with Crippen LogP contribution in [-0.4, -0.2) is 29.8 Å². The number of rotatable bonds is 2. The average Bonchev–Trinajstić information content (AvgIpc) is 2.98. The SMILES string of the molecule is Brc1csc(-c2noc([C@H]3CNCCO3)n2)c1. The monoisotopic (exact) mass is 315 g/mol. The Kier molecular flexibility index (Phi) is 3.24. The van der Waals surface area contributed by atoms with Crippen LogP contribution in [0.15, 0.2) is 20.4 Å². The molecule has 0 saturated carbocycles. The molecule has 1 saturated heterocycles. The van der Waals surface area contributed by atoms with Gasteiger partial charge in [-0.05, 0) is 22.0 Å². The molecular formula is C10H10BrN3O2S. The standard InChI is InChI=1S/C10H10BrN3O2S/c11-6-3-8(17-5-6)9-13-10(16-14-9)7-4-12-1-2-15-7/h3,5,7,12H,1-2,4H2/t7-/m1/s1. The fourth-order valence-corrected chi connectivity index (χ4v) is 2.97. The van der Waals surface area contributed by atoms with E-state index in [0.717, 1.165) is 22.4 Å². The van der Waals surface area contributed by atoms with E-state index in [-0.39, 0.29) is 6.10 Å². The van der Waals surface area contributed by atoms with Gasteiger partial charge in [0, 0.05) is 22.9 Å². The predicted octanol–water partition coefficient (Wildman–Crippen LogP) is 2.22. The van der Waals surface area contributed by atoms with Crippen LogP contribution in [0.3, 0.4) is 0 Å². The summed E-state index contributed by atoms with van der Waals surface area (Å²) in [6, 6.07) is 1.97. The van der Waals surface area contributed by atoms with Gasteiger partial charge in [0.2, 0.25) is 5.82 Å². The van der Waals surface area contributed by atoms with E-state index in [4.69, 9.17) is 9.26 Å². The number of hydrogen-bond donors (Lipinski definition) is 1. The zero-order valence-electron chi connectivity index (χ0n) is 8.85. The molecule has 2 aromatic rings. The maximum atomic E-state index is 5.55. The molecule has 0 amide bonds. The first kappa shape index (κ1) is 11.3. The maximum Gasteiger partial charge on any atom is 0.257 e. The van der Waals surface area contributed by atoms with Gasteiger partial charge in [-0.25, -0.2) is 0 Å². The third kappa shape index (κ3) is 2.42. The highest BCUT2D eigenvalue weighted by molar-refractivity contribution is 9.10. The van der Waals surface area contributed by atoms with Gasteiger partial charge in [0.1, 0.15) is 6.10 Å². The van der Waals surface area contributed by atoms with E-state index in [1.54, 1.807) is 11.3 Å². The minimum absolute atomic E-state index is 0.131. The molecule has 0 spiro atoms. The largest absolute Gasteiger partial charge is 0.366 e. The number of hydrogen-bond acceptors (Lipinski definition) is 6. The number of ether oxygens (including phenoxy) is 1. The summed E-state index contributed by atoms with van der Waals surface area (Å²) in [5, 5.41) is 9.19. The topological polar surface area (TPSA) is 60.2 Å². The van der Waals surface area contributed by atoms with E-state index in [1.807, 2.05) is 11.4 Å². The molecule has 1 aliphatic heterocycles. The maximum absolute atomic E-state index is 5.55. The van der Waals surface area contributed by atoms with Gasteiger partial charge >= 0.3 is 0 Å². The van der Waals surface area contributed by atoms with Crippen molar-refractivity contribution in [2.24, 2.45) is 0 Å². The zero-order valence-corrected chi connectivity index (χ0v) is 11.3. The number of nitrogens with zero attached hydrogens (tertiary/aromatic N) is 2. The van der Waals surface area contributed by atoms with Crippen molar-refractivity contribution in [3.8, 4) is 10.7 Å². The van der Waals surface area contributed by atoms with Crippen LogP contribution in [0, 0.1) is 0 Å². The molecule has 3 heterocycles. The molecule has 1 atom stereocenters. The minimum atomic E-state index is -0.131. The Morgan fingerprint density at radius 2 is 2.47 bits per heavy atom. The van der Waals surface area contributed by atoms with Crippen LogP contribution >= 0.6 is 27.3 Å². The van der Waals surface area contributed by atoms with Crippen molar-refractivity contribution in [3.63, 3.8) is 0 Å². The highest BCUT2D eigenvalue weighted by Gasteiger charge is 2.22. The van der Waals surface area contributed by atoms with Crippen LogP contribution in [0.1, 0.15) is 12.0 Å². The molecule has 5 nitrogen and oxygen atoms in total. The Morgan fingerprint density at radius 3 is 3.18 bits per heavy atom. The van der Waals surface area contributed by atoms with Crippen LogP contribution in [0.25, 0.3) is 10.7 Å². The van der Waals surface area contributed by atoms with Crippen LogP contribution in [0.4, 0.5) is 0 Å². The third-order valence-corrected chi connectivity index (χ3v) is 4.12. The van der Waals surface area contributed by atoms with Crippen molar-refractivity contribution in [3.05, 3.63) is 21.8 Å². The fourth-order valence-electron chi connectivity index (χ4n) is 1.62. The molecule has 0 bridgehead atoms. The van der Waals surface area contributed by atoms with E-state index >= 15 is 0 Å². The van der Waals surface area contributed by atoms with Crippen LogP contribution < -0.4 is 5.32 Å². The highest BCUT2D eigenvalue weighted by Crippen LogP contribution is 2.29. The van der Waals surface area contributed by atoms with Gasteiger partial charge in [0.25, 0.3) is 5.89 Å². The first-order valence-electron chi connectivity index (χ1n) is 5.23. The molecule has 2 aromatic heterocycles. The fraction of sp³-hybridized carbons (Fsp3) is 0.400. The number of thiophene rings is 1. The number of morpholine rings is 1. The molecule has 7 heteroatoms. The first-order chi connectivity index (χ1) is 8.33. The second-order valence-electron chi connectivity index (χ2n) is 3.65. The predicted molar refractivity (Wildman–Crippen MR) is 66.9 cm³/mol. The van der Waals surface area contributed by atoms with Crippen LogP contribution in [-0.2, 0) is 4.74 Å². The van der Waals surface area contributed by atoms with Gasteiger partial charge in [0.15, 0.2) is 0 Å². The number of nitrogens with one attached hydrogen (secondary N) is 1. The molecule has 0 aromatic carbocycles. The summed E-state index contributed by atoms with van der Waals surface area (Å²) >= 11 is 4.98. The normalized spacial score (nSPS) is 20.6. The van der Waals surface area contributed by atoms with Gasteiger partial charge in [-0.2, -0.15) is 4.98 Å². The van der Waals surface area contributed by atoms with Crippen molar-refractivity contribution in [2.75, 3.05) is 19.7 Å². The van der Waals surface area contributed by atoms with Crippen molar-refractivity contribution in [1.29, 1.82) is 0 Å². The Balaban J connectivity index is 1.82. The lowest BCUT2D eigenvalue weighted by Crippen LogP contribution is -2.33. The Bertz CT molecular complexity index is 507. The zero-order chi connectivity index (χ0) is 11.7. The average molecular weight is 316 g/mol. The summed E-state index contributed by atoms with van der Waals surface area (Å²) in [4.78, 5) is 5.35. The Hall–Kier alpha value is -0.760. The highest BCUT2D eigenvalue weighted by atomic mass is 79.9. The summed E-state index contributed by atoms with van der Waals surface area (Å²) in [5.74, 6) is 1.15. The summed E-state index contributed by atoms with van der Waals surface area (Å²) < 4.78 is 11.8. The number of aromatic nitrogens is 2. The van der Waals surface area contributed by atoms with Gasteiger partial charge < -0.3 is 14.6 Å². The van der Waals surface area contributed by atoms with Crippen molar-refractivity contribution < 1.29 is 9.26 Å². The first-order valence-corrected chi connectivity index (χ1v) is 6.90. The van der Waals surface area contributed by atoms with Gasteiger partial charge in [-0.3, -0.25) is 0 Å². The summed E-state index contributed by atoms with van der Waals surface area (Å²) in [6.07, 6.45) is -0.131. The van der Waals surface area contributed by atoms with Gasteiger partial charge in [0.05, 0.1) is 11.5 Å². The van der Waals surface area contributed by atoms with Gasteiger partial charge in [-0.15, -0.1) is 11.3 Å². The van der Waals surface area contributed by atoms with E-state index in [2.05, 4.69) is 31.4 Å². The van der Waals surface area contributed by atoms with Crippen LogP contribution in [0.2, 0.25) is 0 Å². The van der Waals surface area contributed by atoms with Crippen molar-refractivity contribution >= 4 is 27.3 Å². The lowest BCUT2D eigenvalue weighted by molar-refractivity contribution is 0.00755.